The normalized spacial score (nSPS) is 12.2. The van der Waals surface area contributed by atoms with Gasteiger partial charge in [-0.3, -0.25) is 4.79 Å². The van der Waals surface area contributed by atoms with Crippen LogP contribution in [-0.4, -0.2) is 28.8 Å². The number of aliphatic hydroxyl groups is 1. The van der Waals surface area contributed by atoms with Crippen LogP contribution < -0.4 is 5.32 Å². The van der Waals surface area contributed by atoms with Crippen molar-refractivity contribution in [3.63, 3.8) is 0 Å². The Bertz CT molecular complexity index is 373. The SMILES string of the molecule is CCC(CO)NC(=O)c1ccc(C)cc1O. The molecule has 0 aromatic heterocycles. The van der Waals surface area contributed by atoms with Crippen LogP contribution in [0.3, 0.4) is 0 Å². The number of aliphatic hydroxyl groups excluding tert-OH is 1. The van der Waals surface area contributed by atoms with E-state index >= 15 is 0 Å². The molecule has 0 saturated heterocycles. The lowest BCUT2D eigenvalue weighted by atomic mass is 10.1. The predicted octanol–water partition coefficient (Wildman–Crippen LogP) is 1.20. The van der Waals surface area contributed by atoms with Crippen molar-refractivity contribution in [2.24, 2.45) is 0 Å². The maximum Gasteiger partial charge on any atom is 0.255 e. The molecule has 88 valence electrons. The van der Waals surface area contributed by atoms with Gasteiger partial charge in [-0.15, -0.1) is 0 Å². The number of nitrogens with one attached hydrogen (secondary N) is 1. The van der Waals surface area contributed by atoms with Gasteiger partial charge in [0.15, 0.2) is 0 Å². The van der Waals surface area contributed by atoms with E-state index in [2.05, 4.69) is 5.32 Å². The van der Waals surface area contributed by atoms with Gasteiger partial charge in [0, 0.05) is 0 Å². The number of phenols is 1. The van der Waals surface area contributed by atoms with E-state index in [-0.39, 0.29) is 29.9 Å². The van der Waals surface area contributed by atoms with E-state index in [0.717, 1.165) is 5.56 Å². The molecule has 0 aliphatic carbocycles. The van der Waals surface area contributed by atoms with E-state index in [1.807, 2.05) is 13.8 Å². The summed E-state index contributed by atoms with van der Waals surface area (Å²) in [6.45, 7) is 3.61. The standard InChI is InChI=1S/C12H17NO3/c1-3-9(7-14)13-12(16)10-5-4-8(2)6-11(10)15/h4-6,9,14-15H,3,7H2,1-2H3,(H,13,16). The van der Waals surface area contributed by atoms with Gasteiger partial charge in [0.05, 0.1) is 18.2 Å². The van der Waals surface area contributed by atoms with Gasteiger partial charge in [-0.05, 0) is 31.0 Å². The molecule has 0 spiro atoms. The topological polar surface area (TPSA) is 69.6 Å². The molecule has 0 aliphatic heterocycles. The quantitative estimate of drug-likeness (QED) is 0.718. The molecule has 1 aromatic carbocycles. The first-order valence-corrected chi connectivity index (χ1v) is 5.29. The average molecular weight is 223 g/mol. The zero-order chi connectivity index (χ0) is 12.1. The Labute approximate surface area is 94.9 Å². The summed E-state index contributed by atoms with van der Waals surface area (Å²) in [4.78, 5) is 11.7. The molecule has 1 atom stereocenters. The van der Waals surface area contributed by atoms with Crippen molar-refractivity contribution in [2.75, 3.05) is 6.61 Å². The van der Waals surface area contributed by atoms with Gasteiger partial charge in [0.1, 0.15) is 5.75 Å². The van der Waals surface area contributed by atoms with E-state index in [0.29, 0.717) is 6.42 Å². The summed E-state index contributed by atoms with van der Waals surface area (Å²) in [5.41, 5.74) is 1.13. The van der Waals surface area contributed by atoms with Gasteiger partial charge in [-0.2, -0.15) is 0 Å². The minimum atomic E-state index is -0.363. The summed E-state index contributed by atoms with van der Waals surface area (Å²) in [6.07, 6.45) is 0.648. The van der Waals surface area contributed by atoms with Crippen LogP contribution in [0, 0.1) is 6.92 Å². The number of hydrogen-bond acceptors (Lipinski definition) is 3. The second-order valence-electron chi connectivity index (χ2n) is 3.78. The summed E-state index contributed by atoms with van der Waals surface area (Å²) in [6, 6.07) is 4.60. The van der Waals surface area contributed by atoms with Crippen molar-refractivity contribution in [2.45, 2.75) is 26.3 Å². The lowest BCUT2D eigenvalue weighted by Gasteiger charge is -2.14. The van der Waals surface area contributed by atoms with E-state index in [1.54, 1.807) is 12.1 Å². The average Bonchev–Trinajstić information content (AvgIpc) is 2.25. The third-order valence-corrected chi connectivity index (χ3v) is 2.45. The minimum Gasteiger partial charge on any atom is -0.507 e. The first kappa shape index (κ1) is 12.5. The van der Waals surface area contributed by atoms with Gasteiger partial charge in [0.2, 0.25) is 0 Å². The van der Waals surface area contributed by atoms with Gasteiger partial charge in [0.25, 0.3) is 5.91 Å². The number of phenolic OH excluding ortho intramolecular Hbond substituents is 1. The summed E-state index contributed by atoms with van der Waals surface area (Å²) in [7, 11) is 0. The highest BCUT2D eigenvalue weighted by Crippen LogP contribution is 2.18. The van der Waals surface area contributed by atoms with Gasteiger partial charge >= 0.3 is 0 Å². The van der Waals surface area contributed by atoms with Gasteiger partial charge < -0.3 is 15.5 Å². The molecule has 0 heterocycles. The first-order chi connectivity index (χ1) is 7.58. The van der Waals surface area contributed by atoms with Crippen LogP contribution in [0.15, 0.2) is 18.2 Å². The number of hydrogen-bond donors (Lipinski definition) is 3. The zero-order valence-electron chi connectivity index (χ0n) is 9.53. The molecule has 1 aromatic rings. The predicted molar refractivity (Wildman–Crippen MR) is 61.5 cm³/mol. The van der Waals surface area contributed by atoms with E-state index in [4.69, 9.17) is 5.11 Å². The molecular weight excluding hydrogens is 206 g/mol. The van der Waals surface area contributed by atoms with Gasteiger partial charge in [-0.25, -0.2) is 0 Å². The third-order valence-electron chi connectivity index (χ3n) is 2.45. The number of carbonyl (C=O) groups excluding carboxylic acids is 1. The molecule has 0 saturated carbocycles. The number of aryl methyl sites for hydroxylation is 1. The fourth-order valence-corrected chi connectivity index (χ4v) is 1.37. The molecule has 1 rings (SSSR count). The highest BCUT2D eigenvalue weighted by atomic mass is 16.3. The summed E-state index contributed by atoms with van der Waals surface area (Å²) >= 11 is 0. The molecule has 4 heteroatoms. The van der Waals surface area contributed by atoms with Crippen molar-refractivity contribution >= 4 is 5.91 Å². The fraction of sp³-hybridized carbons (Fsp3) is 0.417. The highest BCUT2D eigenvalue weighted by Gasteiger charge is 2.14. The molecule has 0 fully saturated rings. The first-order valence-electron chi connectivity index (χ1n) is 5.29. The van der Waals surface area contributed by atoms with Crippen molar-refractivity contribution < 1.29 is 15.0 Å². The molecular formula is C12H17NO3. The van der Waals surface area contributed by atoms with Crippen molar-refractivity contribution in [1.29, 1.82) is 0 Å². The van der Waals surface area contributed by atoms with Crippen molar-refractivity contribution in [3.8, 4) is 5.75 Å². The fourth-order valence-electron chi connectivity index (χ4n) is 1.37. The third kappa shape index (κ3) is 2.97. The Balaban J connectivity index is 2.80. The van der Waals surface area contributed by atoms with Crippen LogP contribution in [0.4, 0.5) is 0 Å². The van der Waals surface area contributed by atoms with Gasteiger partial charge in [-0.1, -0.05) is 13.0 Å². The second kappa shape index (κ2) is 5.51. The van der Waals surface area contributed by atoms with Crippen LogP contribution in [0.2, 0.25) is 0 Å². The minimum absolute atomic E-state index is 0.0368. The molecule has 1 unspecified atom stereocenters. The molecule has 4 nitrogen and oxygen atoms in total. The molecule has 1 amide bonds. The number of amides is 1. The summed E-state index contributed by atoms with van der Waals surface area (Å²) in [5.74, 6) is -0.399. The van der Waals surface area contributed by atoms with Crippen molar-refractivity contribution in [1.82, 2.24) is 5.32 Å². The largest absolute Gasteiger partial charge is 0.507 e. The highest BCUT2D eigenvalue weighted by molar-refractivity contribution is 5.97. The Kier molecular flexibility index (Phi) is 4.31. The van der Waals surface area contributed by atoms with E-state index in [9.17, 15) is 9.90 Å². The van der Waals surface area contributed by atoms with Crippen molar-refractivity contribution in [3.05, 3.63) is 29.3 Å². The number of aromatic hydroxyl groups is 1. The molecule has 0 radical (unpaired) electrons. The zero-order valence-corrected chi connectivity index (χ0v) is 9.53. The number of carbonyl (C=O) groups is 1. The smallest absolute Gasteiger partial charge is 0.255 e. The Morgan fingerprint density at radius 3 is 2.69 bits per heavy atom. The van der Waals surface area contributed by atoms with Crippen LogP contribution in [-0.2, 0) is 0 Å². The van der Waals surface area contributed by atoms with Crippen LogP contribution in [0.5, 0.6) is 5.75 Å². The molecule has 3 N–H and O–H groups in total. The lowest BCUT2D eigenvalue weighted by molar-refractivity contribution is 0.0912. The van der Waals surface area contributed by atoms with Crippen LogP contribution in [0.25, 0.3) is 0 Å². The molecule has 16 heavy (non-hydrogen) atoms. The Hall–Kier alpha value is -1.55. The Morgan fingerprint density at radius 2 is 2.19 bits per heavy atom. The second-order valence-corrected chi connectivity index (χ2v) is 3.78. The lowest BCUT2D eigenvalue weighted by Crippen LogP contribution is -2.36. The number of benzene rings is 1. The maximum absolute atomic E-state index is 11.7. The monoisotopic (exact) mass is 223 g/mol. The van der Waals surface area contributed by atoms with Crippen LogP contribution >= 0.6 is 0 Å². The number of rotatable bonds is 4. The summed E-state index contributed by atoms with van der Waals surface area (Å²) in [5, 5.41) is 21.2. The maximum atomic E-state index is 11.7. The Morgan fingerprint density at radius 1 is 1.50 bits per heavy atom. The molecule has 0 aliphatic rings. The van der Waals surface area contributed by atoms with E-state index < -0.39 is 0 Å². The van der Waals surface area contributed by atoms with Crippen LogP contribution in [0.1, 0.15) is 29.3 Å². The molecule has 0 bridgehead atoms. The van der Waals surface area contributed by atoms with E-state index in [1.165, 1.54) is 6.07 Å². The summed E-state index contributed by atoms with van der Waals surface area (Å²) < 4.78 is 0.